The van der Waals surface area contributed by atoms with E-state index in [-0.39, 0.29) is 5.91 Å². The lowest BCUT2D eigenvalue weighted by atomic mass is 10.1. The molecule has 2 rings (SSSR count). The largest absolute Gasteiger partial charge is 0.431 e. The molecule has 1 amide bonds. The quantitative estimate of drug-likeness (QED) is 0.838. The number of carbonyl (C=O) groups excluding carboxylic acids is 1. The normalized spacial score (nSPS) is 11.2. The zero-order chi connectivity index (χ0) is 13.4. The van der Waals surface area contributed by atoms with Crippen LogP contribution in [0.1, 0.15) is 35.7 Å². The molecule has 0 spiro atoms. The molecule has 0 aromatic carbocycles. The van der Waals surface area contributed by atoms with Gasteiger partial charge in [0.1, 0.15) is 0 Å². The summed E-state index contributed by atoms with van der Waals surface area (Å²) in [5.74, 6) is 0.359. The van der Waals surface area contributed by atoms with Crippen LogP contribution in [0.2, 0.25) is 0 Å². The zero-order valence-corrected chi connectivity index (χ0v) is 11.6. The Labute approximate surface area is 106 Å². The van der Waals surface area contributed by atoms with Crippen LogP contribution in [0, 0.1) is 13.8 Å². The first-order valence-corrected chi connectivity index (χ1v) is 6.23. The molecular formula is C13H19N3O2. The van der Waals surface area contributed by atoms with Crippen LogP contribution in [0.5, 0.6) is 0 Å². The lowest BCUT2D eigenvalue weighted by molar-refractivity contribution is 0.0742. The molecule has 0 fully saturated rings. The molecule has 2 aromatic rings. The number of aromatic nitrogens is 2. The molecule has 5 heteroatoms. The highest BCUT2D eigenvalue weighted by Gasteiger charge is 2.24. The summed E-state index contributed by atoms with van der Waals surface area (Å²) in [5.41, 5.74) is 2.44. The minimum atomic E-state index is -0.0578. The molecule has 0 aliphatic heterocycles. The maximum atomic E-state index is 12.3. The van der Waals surface area contributed by atoms with Crippen LogP contribution >= 0.6 is 0 Å². The van der Waals surface area contributed by atoms with Crippen LogP contribution in [0.15, 0.2) is 4.42 Å². The van der Waals surface area contributed by atoms with Crippen LogP contribution in [-0.4, -0.2) is 33.7 Å². The fourth-order valence-electron chi connectivity index (χ4n) is 2.23. The lowest BCUT2D eigenvalue weighted by Gasteiger charge is -2.17. The topological polar surface area (TPSA) is 51.3 Å². The summed E-state index contributed by atoms with van der Waals surface area (Å²) in [5, 5.41) is 5.22. The Kier molecular flexibility index (Phi) is 3.15. The molecule has 0 bridgehead atoms. The number of aryl methyl sites for hydroxylation is 3. The molecule has 0 saturated heterocycles. The Morgan fingerprint density at radius 2 is 1.94 bits per heavy atom. The van der Waals surface area contributed by atoms with Gasteiger partial charge in [0.25, 0.3) is 5.91 Å². The van der Waals surface area contributed by atoms with Gasteiger partial charge >= 0.3 is 0 Å². The number of furan rings is 1. The standard InChI is InChI=1S/C13H19N3O2/c1-6-16(7-2)13(17)11-8(3)10-9(4)15(5)14-12(10)18-11/h6-7H2,1-5H3. The highest BCUT2D eigenvalue weighted by atomic mass is 16.4. The number of hydrogen-bond donors (Lipinski definition) is 0. The van der Waals surface area contributed by atoms with Gasteiger partial charge < -0.3 is 9.32 Å². The lowest BCUT2D eigenvalue weighted by Crippen LogP contribution is -2.30. The van der Waals surface area contributed by atoms with Gasteiger partial charge in [-0.1, -0.05) is 0 Å². The Hall–Kier alpha value is -1.78. The minimum absolute atomic E-state index is 0.0578. The van der Waals surface area contributed by atoms with Gasteiger partial charge in [0.05, 0.1) is 5.39 Å². The third kappa shape index (κ3) is 1.70. The van der Waals surface area contributed by atoms with E-state index in [4.69, 9.17) is 4.42 Å². The van der Waals surface area contributed by atoms with E-state index in [2.05, 4.69) is 5.10 Å². The number of nitrogens with zero attached hydrogens (tertiary/aromatic N) is 3. The van der Waals surface area contributed by atoms with Gasteiger partial charge in [-0.2, -0.15) is 0 Å². The van der Waals surface area contributed by atoms with E-state index >= 15 is 0 Å². The van der Waals surface area contributed by atoms with E-state index in [9.17, 15) is 4.79 Å². The predicted molar refractivity (Wildman–Crippen MR) is 69.7 cm³/mol. The van der Waals surface area contributed by atoms with Crippen molar-refractivity contribution in [1.82, 2.24) is 14.7 Å². The second-order valence-corrected chi connectivity index (χ2v) is 4.42. The van der Waals surface area contributed by atoms with Gasteiger partial charge in [-0.05, 0) is 27.7 Å². The summed E-state index contributed by atoms with van der Waals surface area (Å²) < 4.78 is 7.39. The molecule has 5 nitrogen and oxygen atoms in total. The van der Waals surface area contributed by atoms with E-state index < -0.39 is 0 Å². The highest BCUT2D eigenvalue weighted by molar-refractivity contribution is 5.98. The van der Waals surface area contributed by atoms with Crippen molar-refractivity contribution in [1.29, 1.82) is 0 Å². The first kappa shape index (κ1) is 12.7. The van der Waals surface area contributed by atoms with E-state index in [1.54, 1.807) is 9.58 Å². The Morgan fingerprint density at radius 1 is 1.33 bits per heavy atom. The van der Waals surface area contributed by atoms with Crippen molar-refractivity contribution in [3.8, 4) is 0 Å². The van der Waals surface area contributed by atoms with E-state index in [1.807, 2.05) is 34.7 Å². The third-order valence-corrected chi connectivity index (χ3v) is 3.46. The van der Waals surface area contributed by atoms with Crippen molar-refractivity contribution in [3.05, 3.63) is 17.0 Å². The van der Waals surface area contributed by atoms with Crippen LogP contribution in [0.3, 0.4) is 0 Å². The molecule has 18 heavy (non-hydrogen) atoms. The van der Waals surface area contributed by atoms with Gasteiger partial charge in [0.15, 0.2) is 5.76 Å². The second kappa shape index (κ2) is 4.48. The molecule has 0 atom stereocenters. The van der Waals surface area contributed by atoms with Gasteiger partial charge in [-0.15, -0.1) is 5.10 Å². The predicted octanol–water partition coefficient (Wildman–Crippen LogP) is 2.27. The van der Waals surface area contributed by atoms with Gasteiger partial charge in [-0.25, -0.2) is 0 Å². The fourth-order valence-corrected chi connectivity index (χ4v) is 2.23. The number of hydrogen-bond acceptors (Lipinski definition) is 3. The van der Waals surface area contributed by atoms with Crippen LogP contribution in [0.25, 0.3) is 11.1 Å². The molecule has 0 radical (unpaired) electrons. The highest BCUT2D eigenvalue weighted by Crippen LogP contribution is 2.28. The van der Waals surface area contributed by atoms with Gasteiger partial charge in [0, 0.05) is 31.4 Å². The van der Waals surface area contributed by atoms with Crippen molar-refractivity contribution < 1.29 is 9.21 Å². The Balaban J connectivity index is 2.53. The number of carbonyl (C=O) groups is 1. The molecule has 0 aliphatic rings. The smallest absolute Gasteiger partial charge is 0.289 e. The maximum absolute atomic E-state index is 12.3. The molecule has 98 valence electrons. The molecule has 2 aromatic heterocycles. The molecule has 2 heterocycles. The van der Waals surface area contributed by atoms with Crippen molar-refractivity contribution in [2.75, 3.05) is 13.1 Å². The first-order valence-electron chi connectivity index (χ1n) is 6.23. The molecule has 0 N–H and O–H groups in total. The van der Waals surface area contributed by atoms with Crippen LogP contribution in [-0.2, 0) is 7.05 Å². The third-order valence-electron chi connectivity index (χ3n) is 3.46. The summed E-state index contributed by atoms with van der Waals surface area (Å²) in [6.07, 6.45) is 0. The molecule has 0 aliphatic carbocycles. The summed E-state index contributed by atoms with van der Waals surface area (Å²) in [6.45, 7) is 9.17. The maximum Gasteiger partial charge on any atom is 0.289 e. The van der Waals surface area contributed by atoms with Gasteiger partial charge in [0.2, 0.25) is 5.71 Å². The average molecular weight is 249 g/mol. The first-order chi connectivity index (χ1) is 8.51. The van der Waals surface area contributed by atoms with Crippen molar-refractivity contribution in [3.63, 3.8) is 0 Å². The van der Waals surface area contributed by atoms with Crippen molar-refractivity contribution in [2.45, 2.75) is 27.7 Å². The summed E-state index contributed by atoms with van der Waals surface area (Å²) in [6, 6.07) is 0. The Morgan fingerprint density at radius 3 is 2.44 bits per heavy atom. The van der Waals surface area contributed by atoms with Crippen LogP contribution < -0.4 is 0 Å². The van der Waals surface area contributed by atoms with E-state index in [0.29, 0.717) is 24.6 Å². The fraction of sp³-hybridized carbons (Fsp3) is 0.538. The zero-order valence-electron chi connectivity index (χ0n) is 11.6. The van der Waals surface area contributed by atoms with Gasteiger partial charge in [-0.3, -0.25) is 9.48 Å². The monoisotopic (exact) mass is 249 g/mol. The summed E-state index contributed by atoms with van der Waals surface area (Å²) in [4.78, 5) is 14.0. The molecular weight excluding hydrogens is 230 g/mol. The van der Waals surface area contributed by atoms with Crippen molar-refractivity contribution >= 4 is 17.0 Å². The van der Waals surface area contributed by atoms with Crippen LogP contribution in [0.4, 0.5) is 0 Å². The molecule has 0 unspecified atom stereocenters. The second-order valence-electron chi connectivity index (χ2n) is 4.42. The number of fused-ring (bicyclic) bond motifs is 1. The summed E-state index contributed by atoms with van der Waals surface area (Å²) in [7, 11) is 1.87. The summed E-state index contributed by atoms with van der Waals surface area (Å²) >= 11 is 0. The van der Waals surface area contributed by atoms with E-state index in [1.165, 1.54) is 0 Å². The Bertz CT molecular complexity index is 591. The molecule has 0 saturated carbocycles. The minimum Gasteiger partial charge on any atom is -0.431 e. The number of rotatable bonds is 3. The van der Waals surface area contributed by atoms with Crippen molar-refractivity contribution in [2.24, 2.45) is 7.05 Å². The number of amides is 1. The van der Waals surface area contributed by atoms with E-state index in [0.717, 1.165) is 16.6 Å². The SMILES string of the molecule is CCN(CC)C(=O)c1oc2nn(C)c(C)c2c1C. The average Bonchev–Trinajstić information content (AvgIpc) is 2.80.